The molecule has 0 radical (unpaired) electrons. The SMILES string of the molecule is CC(C)(N)CO.CCCCC(CC)C(=O)O. The van der Waals surface area contributed by atoms with Crippen LogP contribution in [0.1, 0.15) is 53.4 Å². The maximum absolute atomic E-state index is 10.4. The first-order valence-corrected chi connectivity index (χ1v) is 5.91. The number of hydrogen-bond acceptors (Lipinski definition) is 3. The van der Waals surface area contributed by atoms with Gasteiger partial charge in [-0.2, -0.15) is 0 Å². The molecule has 0 saturated carbocycles. The largest absolute Gasteiger partial charge is 0.481 e. The molecule has 4 N–H and O–H groups in total. The molecule has 4 nitrogen and oxygen atoms in total. The van der Waals surface area contributed by atoms with E-state index in [0.717, 1.165) is 25.7 Å². The quantitative estimate of drug-likeness (QED) is 0.655. The molecular formula is C12H27NO3. The molecule has 0 aliphatic heterocycles. The van der Waals surface area contributed by atoms with Gasteiger partial charge in [0, 0.05) is 5.54 Å². The van der Waals surface area contributed by atoms with Crippen molar-refractivity contribution in [2.45, 2.75) is 58.9 Å². The Kier molecular flexibility index (Phi) is 10.7. The van der Waals surface area contributed by atoms with Crippen molar-refractivity contribution in [2.24, 2.45) is 11.7 Å². The van der Waals surface area contributed by atoms with Gasteiger partial charge in [0.1, 0.15) is 0 Å². The summed E-state index contributed by atoms with van der Waals surface area (Å²) in [5.74, 6) is -0.754. The number of unbranched alkanes of at least 4 members (excludes halogenated alkanes) is 1. The van der Waals surface area contributed by atoms with Crippen LogP contribution in [0.4, 0.5) is 0 Å². The van der Waals surface area contributed by atoms with Gasteiger partial charge in [-0.05, 0) is 26.7 Å². The van der Waals surface area contributed by atoms with E-state index in [1.54, 1.807) is 13.8 Å². The number of aliphatic hydroxyl groups is 1. The second-order valence-electron chi connectivity index (χ2n) is 4.73. The standard InChI is InChI=1S/C8H16O2.C4H11NO/c1-3-5-6-7(4-2)8(9)10;1-4(2,5)3-6/h7H,3-6H2,1-2H3,(H,9,10);6H,3,5H2,1-2H3. The molecule has 0 bridgehead atoms. The predicted molar refractivity (Wildman–Crippen MR) is 66.3 cm³/mol. The fourth-order valence-electron chi connectivity index (χ4n) is 0.953. The fraction of sp³-hybridized carbons (Fsp3) is 0.917. The van der Waals surface area contributed by atoms with Gasteiger partial charge in [0.05, 0.1) is 12.5 Å². The summed E-state index contributed by atoms with van der Waals surface area (Å²) in [6.07, 6.45) is 3.71. The average molecular weight is 233 g/mol. The maximum Gasteiger partial charge on any atom is 0.306 e. The van der Waals surface area contributed by atoms with Gasteiger partial charge < -0.3 is 15.9 Å². The zero-order valence-electron chi connectivity index (χ0n) is 11.0. The number of carboxylic acids is 1. The van der Waals surface area contributed by atoms with Crippen molar-refractivity contribution >= 4 is 5.97 Å². The minimum absolute atomic E-state index is 0.0486. The molecule has 1 atom stereocenters. The van der Waals surface area contributed by atoms with Gasteiger partial charge in [-0.15, -0.1) is 0 Å². The van der Waals surface area contributed by atoms with E-state index in [4.69, 9.17) is 15.9 Å². The second-order valence-corrected chi connectivity index (χ2v) is 4.73. The van der Waals surface area contributed by atoms with E-state index < -0.39 is 11.5 Å². The molecule has 0 saturated heterocycles. The third-order valence-corrected chi connectivity index (χ3v) is 2.16. The Bertz CT molecular complexity index is 176. The monoisotopic (exact) mass is 233 g/mol. The molecule has 0 amide bonds. The Balaban J connectivity index is 0. The summed E-state index contributed by atoms with van der Waals surface area (Å²) in [5.41, 5.74) is 4.88. The van der Waals surface area contributed by atoms with Crippen LogP contribution < -0.4 is 5.73 Å². The van der Waals surface area contributed by atoms with Gasteiger partial charge in [-0.3, -0.25) is 4.79 Å². The smallest absolute Gasteiger partial charge is 0.306 e. The Labute approximate surface area is 98.8 Å². The number of carbonyl (C=O) groups is 1. The predicted octanol–water partition coefficient (Wildman–Crippen LogP) is 2.00. The van der Waals surface area contributed by atoms with E-state index in [1.807, 2.05) is 6.92 Å². The van der Waals surface area contributed by atoms with E-state index >= 15 is 0 Å². The van der Waals surface area contributed by atoms with Gasteiger partial charge in [-0.25, -0.2) is 0 Å². The van der Waals surface area contributed by atoms with Crippen molar-refractivity contribution in [3.8, 4) is 0 Å². The topological polar surface area (TPSA) is 83.5 Å². The summed E-state index contributed by atoms with van der Waals surface area (Å²) < 4.78 is 0. The van der Waals surface area contributed by atoms with Crippen LogP contribution in [0.2, 0.25) is 0 Å². The van der Waals surface area contributed by atoms with Gasteiger partial charge in [0.2, 0.25) is 0 Å². The van der Waals surface area contributed by atoms with E-state index in [2.05, 4.69) is 6.92 Å². The molecule has 4 heteroatoms. The first kappa shape index (κ1) is 17.8. The molecule has 0 aromatic rings. The molecular weight excluding hydrogens is 206 g/mol. The second kappa shape index (κ2) is 9.60. The summed E-state index contributed by atoms with van der Waals surface area (Å²) >= 11 is 0. The van der Waals surface area contributed by atoms with E-state index in [9.17, 15) is 4.79 Å². The summed E-state index contributed by atoms with van der Waals surface area (Å²) in [4.78, 5) is 10.4. The van der Waals surface area contributed by atoms with Gasteiger partial charge >= 0.3 is 5.97 Å². The van der Waals surface area contributed by atoms with Crippen molar-refractivity contribution in [1.29, 1.82) is 0 Å². The molecule has 98 valence electrons. The number of carboxylic acid groups (broad SMARTS) is 1. The van der Waals surface area contributed by atoms with Crippen molar-refractivity contribution in [1.82, 2.24) is 0 Å². The number of hydrogen-bond donors (Lipinski definition) is 3. The molecule has 0 rings (SSSR count). The summed E-state index contributed by atoms with van der Waals surface area (Å²) in [7, 11) is 0. The number of rotatable bonds is 6. The van der Waals surface area contributed by atoms with Crippen molar-refractivity contribution in [3.05, 3.63) is 0 Å². The third-order valence-electron chi connectivity index (χ3n) is 2.16. The molecule has 16 heavy (non-hydrogen) atoms. The lowest BCUT2D eigenvalue weighted by atomic mass is 10.00. The van der Waals surface area contributed by atoms with Crippen molar-refractivity contribution < 1.29 is 15.0 Å². The fourth-order valence-corrected chi connectivity index (χ4v) is 0.953. The van der Waals surface area contributed by atoms with Crippen LogP contribution in [0.15, 0.2) is 0 Å². The number of aliphatic hydroxyl groups excluding tert-OH is 1. The molecule has 0 aliphatic rings. The summed E-state index contributed by atoms with van der Waals surface area (Å²) in [6, 6.07) is 0. The molecule has 0 aromatic heterocycles. The lowest BCUT2D eigenvalue weighted by Crippen LogP contribution is -2.35. The van der Waals surface area contributed by atoms with Crippen molar-refractivity contribution in [2.75, 3.05) is 6.61 Å². The highest BCUT2D eigenvalue weighted by molar-refractivity contribution is 5.69. The van der Waals surface area contributed by atoms with Crippen LogP contribution in [0.3, 0.4) is 0 Å². The first-order valence-electron chi connectivity index (χ1n) is 5.91. The lowest BCUT2D eigenvalue weighted by Gasteiger charge is -2.12. The zero-order valence-corrected chi connectivity index (χ0v) is 11.0. The minimum atomic E-state index is -0.643. The third kappa shape index (κ3) is 13.4. The van der Waals surface area contributed by atoms with Crippen LogP contribution in [0.5, 0.6) is 0 Å². The average Bonchev–Trinajstić information content (AvgIpc) is 2.18. The van der Waals surface area contributed by atoms with Crippen LogP contribution in [0.25, 0.3) is 0 Å². The molecule has 0 fully saturated rings. The molecule has 1 unspecified atom stereocenters. The molecule has 0 aliphatic carbocycles. The number of nitrogens with two attached hydrogens (primary N) is 1. The maximum atomic E-state index is 10.4. The highest BCUT2D eigenvalue weighted by atomic mass is 16.4. The summed E-state index contributed by atoms with van der Waals surface area (Å²) in [6.45, 7) is 7.59. The lowest BCUT2D eigenvalue weighted by molar-refractivity contribution is -0.142. The molecule has 0 aromatic carbocycles. The zero-order chi connectivity index (χ0) is 13.2. The Morgan fingerprint density at radius 3 is 2.00 bits per heavy atom. The summed E-state index contributed by atoms with van der Waals surface area (Å²) in [5, 5.41) is 16.9. The Morgan fingerprint density at radius 2 is 1.81 bits per heavy atom. The first-order chi connectivity index (χ1) is 7.28. The minimum Gasteiger partial charge on any atom is -0.481 e. The molecule has 0 heterocycles. The normalized spacial score (nSPS) is 12.6. The van der Waals surface area contributed by atoms with Gasteiger partial charge in [0.25, 0.3) is 0 Å². The van der Waals surface area contributed by atoms with E-state index in [1.165, 1.54) is 0 Å². The molecule has 0 spiro atoms. The van der Waals surface area contributed by atoms with Crippen LogP contribution >= 0.6 is 0 Å². The van der Waals surface area contributed by atoms with Crippen LogP contribution in [-0.4, -0.2) is 28.3 Å². The van der Waals surface area contributed by atoms with E-state index in [0.29, 0.717) is 0 Å². The van der Waals surface area contributed by atoms with Gasteiger partial charge in [0.15, 0.2) is 0 Å². The Hall–Kier alpha value is -0.610. The van der Waals surface area contributed by atoms with Crippen LogP contribution in [-0.2, 0) is 4.79 Å². The van der Waals surface area contributed by atoms with Crippen LogP contribution in [0, 0.1) is 5.92 Å². The Morgan fingerprint density at radius 1 is 1.38 bits per heavy atom. The highest BCUT2D eigenvalue weighted by Crippen LogP contribution is 2.11. The van der Waals surface area contributed by atoms with E-state index in [-0.39, 0.29) is 12.5 Å². The van der Waals surface area contributed by atoms with Crippen molar-refractivity contribution in [3.63, 3.8) is 0 Å². The highest BCUT2D eigenvalue weighted by Gasteiger charge is 2.12. The number of aliphatic carboxylic acids is 1. The van der Waals surface area contributed by atoms with Gasteiger partial charge in [-0.1, -0.05) is 26.7 Å².